The lowest BCUT2D eigenvalue weighted by Crippen LogP contribution is -2.49. The topological polar surface area (TPSA) is 30.0 Å². The van der Waals surface area contributed by atoms with E-state index in [4.69, 9.17) is 1.37 Å². The van der Waals surface area contributed by atoms with Crippen molar-refractivity contribution < 1.29 is 6.17 Å². The maximum absolute atomic E-state index is 12.0. The number of allylic oxidation sites excluding steroid dienone is 4. The molecule has 2 fully saturated rings. The molecule has 1 aromatic rings. The summed E-state index contributed by atoms with van der Waals surface area (Å²) in [6.07, 6.45) is 13.0. The molecule has 0 N–H and O–H groups in total. The number of hydrogen-bond acceptors (Lipinski definition) is 2. The Kier molecular flexibility index (Phi) is 3.34. The standard InChI is InChI=1S/C24H29NO/c1-23-11-9-18(26)14-17(23)5-6-19-21-8-7-20(16-4-3-13-25-15-16)24(21,2)12-10-22(19)23/h3-4,7,13-15,19,21-22H,5-6,8-12H2,1-2H3/t19?,21?,22?,23-,24+/m0/s1/i7D. The molecule has 0 aliphatic heterocycles. The van der Waals surface area contributed by atoms with Crippen LogP contribution in [0.1, 0.15) is 65.7 Å². The summed E-state index contributed by atoms with van der Waals surface area (Å²) in [6.45, 7) is 4.84. The van der Waals surface area contributed by atoms with E-state index in [0.717, 1.165) is 37.3 Å². The molecule has 4 aliphatic carbocycles. The minimum atomic E-state index is 0.101. The fourth-order valence-electron chi connectivity index (χ4n) is 6.92. The predicted molar refractivity (Wildman–Crippen MR) is 104 cm³/mol. The first-order chi connectivity index (χ1) is 12.9. The summed E-state index contributed by atoms with van der Waals surface area (Å²) >= 11 is 0. The van der Waals surface area contributed by atoms with Crippen molar-refractivity contribution in [1.29, 1.82) is 0 Å². The van der Waals surface area contributed by atoms with E-state index in [1.807, 2.05) is 24.5 Å². The molecule has 2 nitrogen and oxygen atoms in total. The Bertz CT molecular complexity index is 856. The van der Waals surface area contributed by atoms with Gasteiger partial charge in [-0.2, -0.15) is 0 Å². The second-order valence-corrected chi connectivity index (χ2v) is 9.42. The van der Waals surface area contributed by atoms with E-state index in [1.165, 1.54) is 24.0 Å². The van der Waals surface area contributed by atoms with Crippen LogP contribution < -0.4 is 0 Å². The molecular formula is C24H29NO. The summed E-state index contributed by atoms with van der Waals surface area (Å²) in [7, 11) is 0. The number of carbonyl (C=O) groups excluding carboxylic acids is 1. The molecule has 136 valence electrons. The zero-order valence-corrected chi connectivity index (χ0v) is 15.9. The Labute approximate surface area is 158 Å². The molecule has 2 saturated carbocycles. The third-order valence-corrected chi connectivity index (χ3v) is 8.37. The number of nitrogens with zero attached hydrogens (tertiary/aromatic N) is 1. The van der Waals surface area contributed by atoms with E-state index in [0.29, 0.717) is 30.0 Å². The summed E-state index contributed by atoms with van der Waals surface area (Å²) in [5.74, 6) is 2.24. The first kappa shape index (κ1) is 15.4. The summed E-state index contributed by atoms with van der Waals surface area (Å²) < 4.78 is 8.81. The lowest BCUT2D eigenvalue weighted by atomic mass is 9.46. The molecule has 0 amide bonds. The monoisotopic (exact) mass is 348 g/mol. The maximum Gasteiger partial charge on any atom is 0.155 e. The summed E-state index contributed by atoms with van der Waals surface area (Å²) in [5, 5.41) is 0. The molecule has 26 heavy (non-hydrogen) atoms. The Morgan fingerprint density at radius 2 is 2.04 bits per heavy atom. The van der Waals surface area contributed by atoms with Crippen molar-refractivity contribution in [3.05, 3.63) is 47.8 Å². The Hall–Kier alpha value is -1.70. The largest absolute Gasteiger partial charge is 0.295 e. The van der Waals surface area contributed by atoms with Crippen molar-refractivity contribution in [3.8, 4) is 0 Å². The predicted octanol–water partition coefficient (Wildman–Crippen LogP) is 5.61. The number of aromatic nitrogens is 1. The second-order valence-electron chi connectivity index (χ2n) is 9.42. The van der Waals surface area contributed by atoms with Gasteiger partial charge in [0.1, 0.15) is 0 Å². The van der Waals surface area contributed by atoms with Crippen LogP contribution in [0.4, 0.5) is 0 Å². The molecule has 0 saturated heterocycles. The van der Waals surface area contributed by atoms with Crippen molar-refractivity contribution >= 4 is 11.4 Å². The fourth-order valence-corrected chi connectivity index (χ4v) is 6.92. The highest BCUT2D eigenvalue weighted by molar-refractivity contribution is 5.91. The second kappa shape index (κ2) is 5.65. The van der Waals surface area contributed by atoms with Gasteiger partial charge in [-0.1, -0.05) is 31.5 Å². The molecule has 1 aromatic heterocycles. The van der Waals surface area contributed by atoms with Gasteiger partial charge in [-0.25, -0.2) is 0 Å². The number of pyridine rings is 1. The average molecular weight is 349 g/mol. The van der Waals surface area contributed by atoms with Crippen LogP contribution in [-0.2, 0) is 4.79 Å². The average Bonchev–Trinajstić information content (AvgIpc) is 2.93. The number of carbonyl (C=O) groups is 1. The van der Waals surface area contributed by atoms with Crippen LogP contribution in [0.25, 0.3) is 5.57 Å². The van der Waals surface area contributed by atoms with Crippen LogP contribution in [0, 0.1) is 28.6 Å². The van der Waals surface area contributed by atoms with Crippen molar-refractivity contribution in [1.82, 2.24) is 4.98 Å². The van der Waals surface area contributed by atoms with Gasteiger partial charge in [-0.15, -0.1) is 0 Å². The molecule has 0 bridgehead atoms. The minimum absolute atomic E-state index is 0.101. The van der Waals surface area contributed by atoms with Gasteiger partial charge in [-0.3, -0.25) is 9.78 Å². The van der Waals surface area contributed by atoms with Gasteiger partial charge in [0.25, 0.3) is 0 Å². The lowest BCUT2D eigenvalue weighted by Gasteiger charge is -2.57. The molecule has 5 rings (SSSR count). The van der Waals surface area contributed by atoms with Gasteiger partial charge in [0, 0.05) is 18.8 Å². The van der Waals surface area contributed by atoms with Gasteiger partial charge in [0.2, 0.25) is 0 Å². The molecule has 2 heteroatoms. The van der Waals surface area contributed by atoms with Gasteiger partial charge >= 0.3 is 0 Å². The summed E-state index contributed by atoms with van der Waals surface area (Å²) in [6, 6.07) is 4.96. The third kappa shape index (κ3) is 2.17. The molecule has 0 spiro atoms. The first-order valence-corrected chi connectivity index (χ1v) is 10.3. The van der Waals surface area contributed by atoms with E-state index in [9.17, 15) is 4.79 Å². The Balaban J connectivity index is 1.51. The molecular weight excluding hydrogens is 318 g/mol. The van der Waals surface area contributed by atoms with Crippen molar-refractivity contribution in [3.63, 3.8) is 0 Å². The zero-order chi connectivity index (χ0) is 18.8. The van der Waals surface area contributed by atoms with Crippen LogP contribution >= 0.6 is 0 Å². The highest BCUT2D eigenvalue weighted by atomic mass is 16.1. The highest BCUT2D eigenvalue weighted by Gasteiger charge is 2.57. The van der Waals surface area contributed by atoms with Crippen LogP contribution in [0.2, 0.25) is 0 Å². The van der Waals surface area contributed by atoms with Gasteiger partial charge in [0.15, 0.2) is 5.78 Å². The van der Waals surface area contributed by atoms with Crippen LogP contribution in [0.5, 0.6) is 0 Å². The maximum atomic E-state index is 12.0. The number of fused-ring (bicyclic) bond motifs is 5. The normalized spacial score (nSPS) is 42.5. The van der Waals surface area contributed by atoms with Crippen LogP contribution in [0.15, 0.2) is 42.2 Å². The molecule has 0 aromatic carbocycles. The SMILES string of the molecule is [2H]C1=C(c2cccnc2)[C@@]2(C)CCC3C(CCC4=CC(=O)CC[C@@]43C)C2C1. The molecule has 3 unspecified atom stereocenters. The Morgan fingerprint density at radius 1 is 1.15 bits per heavy atom. The molecule has 4 aliphatic rings. The molecule has 0 radical (unpaired) electrons. The Morgan fingerprint density at radius 3 is 2.85 bits per heavy atom. The van der Waals surface area contributed by atoms with Crippen molar-refractivity contribution in [2.24, 2.45) is 28.6 Å². The van der Waals surface area contributed by atoms with E-state index < -0.39 is 0 Å². The zero-order valence-electron chi connectivity index (χ0n) is 16.9. The lowest BCUT2D eigenvalue weighted by molar-refractivity contribution is -0.117. The van der Waals surface area contributed by atoms with Crippen LogP contribution in [-0.4, -0.2) is 10.8 Å². The van der Waals surface area contributed by atoms with E-state index >= 15 is 0 Å². The smallest absolute Gasteiger partial charge is 0.155 e. The minimum Gasteiger partial charge on any atom is -0.295 e. The number of ketones is 1. The van der Waals surface area contributed by atoms with E-state index in [2.05, 4.69) is 24.9 Å². The third-order valence-electron chi connectivity index (χ3n) is 8.37. The fraction of sp³-hybridized carbons (Fsp3) is 0.583. The molecule has 5 atom stereocenters. The van der Waals surface area contributed by atoms with E-state index in [1.54, 1.807) is 0 Å². The van der Waals surface area contributed by atoms with Gasteiger partial charge in [0.05, 0.1) is 1.37 Å². The van der Waals surface area contributed by atoms with Gasteiger partial charge in [-0.05, 0) is 90.4 Å². The number of rotatable bonds is 1. The van der Waals surface area contributed by atoms with Crippen molar-refractivity contribution in [2.45, 2.75) is 58.8 Å². The summed E-state index contributed by atoms with van der Waals surface area (Å²) in [4.78, 5) is 16.3. The van der Waals surface area contributed by atoms with Gasteiger partial charge < -0.3 is 0 Å². The highest BCUT2D eigenvalue weighted by Crippen LogP contribution is 2.66. The van der Waals surface area contributed by atoms with Crippen molar-refractivity contribution in [2.75, 3.05) is 0 Å². The first-order valence-electron chi connectivity index (χ1n) is 10.8. The quantitative estimate of drug-likeness (QED) is 0.660. The number of hydrogen-bond donors (Lipinski definition) is 0. The van der Waals surface area contributed by atoms with Crippen LogP contribution in [0.3, 0.4) is 0 Å². The van der Waals surface area contributed by atoms with E-state index in [-0.39, 0.29) is 10.8 Å². The molecule has 1 heterocycles. The summed E-state index contributed by atoms with van der Waals surface area (Å²) in [5.41, 5.74) is 4.13.